The Morgan fingerprint density at radius 3 is 3.00 bits per heavy atom. The van der Waals surface area contributed by atoms with E-state index in [1.807, 2.05) is 6.08 Å². The highest BCUT2D eigenvalue weighted by molar-refractivity contribution is 7.16. The molecule has 0 radical (unpaired) electrons. The molecule has 134 valence electrons. The van der Waals surface area contributed by atoms with Gasteiger partial charge < -0.3 is 10.6 Å². The minimum absolute atomic E-state index is 0.0421. The first-order chi connectivity index (χ1) is 12.5. The van der Waals surface area contributed by atoms with Crippen molar-refractivity contribution in [3.8, 4) is 0 Å². The molecule has 0 saturated carbocycles. The van der Waals surface area contributed by atoms with Crippen molar-refractivity contribution in [2.75, 3.05) is 5.32 Å². The summed E-state index contributed by atoms with van der Waals surface area (Å²) in [5, 5.41) is 18.1. The fourth-order valence-corrected chi connectivity index (χ4v) is 4.97. The fourth-order valence-electron chi connectivity index (χ4n) is 3.53. The molecule has 0 spiro atoms. The zero-order chi connectivity index (χ0) is 18.3. The quantitative estimate of drug-likeness (QED) is 0.633. The van der Waals surface area contributed by atoms with Crippen LogP contribution in [0.3, 0.4) is 0 Å². The van der Waals surface area contributed by atoms with Crippen molar-refractivity contribution in [1.29, 1.82) is 0 Å². The molecule has 0 bridgehead atoms. The standard InChI is InChI=1S/C19H19N3O3S/c1-11-5-7-14-15(9-11)26-19-17(14)18(23)20-16(21-19)8-6-12-3-2-4-13(10-12)22(24)25/h2-4,6,8,10-11,16,21H,5,7,9H2,1H3,(H,20,23)/b8-6+. The summed E-state index contributed by atoms with van der Waals surface area (Å²) in [6, 6.07) is 6.42. The summed E-state index contributed by atoms with van der Waals surface area (Å²) in [5.41, 5.74) is 2.78. The van der Waals surface area contributed by atoms with E-state index in [-0.39, 0.29) is 17.8 Å². The molecule has 2 heterocycles. The molecule has 1 aliphatic carbocycles. The monoisotopic (exact) mass is 369 g/mol. The predicted molar refractivity (Wildman–Crippen MR) is 103 cm³/mol. The summed E-state index contributed by atoms with van der Waals surface area (Å²) in [5.74, 6) is 0.620. The predicted octanol–water partition coefficient (Wildman–Crippen LogP) is 3.98. The van der Waals surface area contributed by atoms with E-state index in [0.29, 0.717) is 5.92 Å². The Balaban J connectivity index is 1.55. The van der Waals surface area contributed by atoms with E-state index in [9.17, 15) is 14.9 Å². The molecular weight excluding hydrogens is 350 g/mol. The van der Waals surface area contributed by atoms with E-state index in [2.05, 4.69) is 17.6 Å². The second-order valence-electron chi connectivity index (χ2n) is 6.86. The average Bonchev–Trinajstić information content (AvgIpc) is 2.97. The molecule has 0 fully saturated rings. The number of carbonyl (C=O) groups is 1. The molecule has 1 aromatic heterocycles. The van der Waals surface area contributed by atoms with Gasteiger partial charge in [0.15, 0.2) is 0 Å². The normalized spacial score (nSPS) is 21.7. The summed E-state index contributed by atoms with van der Waals surface area (Å²) in [7, 11) is 0. The van der Waals surface area contributed by atoms with Gasteiger partial charge in [0.2, 0.25) is 0 Å². The average molecular weight is 369 g/mol. The summed E-state index contributed by atoms with van der Waals surface area (Å²) < 4.78 is 0. The van der Waals surface area contributed by atoms with Crippen LogP contribution in [0.25, 0.3) is 6.08 Å². The maximum atomic E-state index is 12.6. The number of hydrogen-bond donors (Lipinski definition) is 2. The van der Waals surface area contributed by atoms with E-state index >= 15 is 0 Å². The van der Waals surface area contributed by atoms with Gasteiger partial charge >= 0.3 is 0 Å². The molecule has 0 saturated heterocycles. The summed E-state index contributed by atoms with van der Waals surface area (Å²) in [6.45, 7) is 2.25. The number of anilines is 1. The Kier molecular flexibility index (Phi) is 4.24. The van der Waals surface area contributed by atoms with Gasteiger partial charge in [-0.25, -0.2) is 0 Å². The van der Waals surface area contributed by atoms with Gasteiger partial charge in [0.05, 0.1) is 10.5 Å². The van der Waals surface area contributed by atoms with Crippen molar-refractivity contribution in [2.24, 2.45) is 5.92 Å². The van der Waals surface area contributed by atoms with Crippen LogP contribution in [0.2, 0.25) is 0 Å². The maximum absolute atomic E-state index is 12.6. The van der Waals surface area contributed by atoms with E-state index < -0.39 is 4.92 Å². The van der Waals surface area contributed by atoms with E-state index in [1.165, 1.54) is 22.6 Å². The van der Waals surface area contributed by atoms with Crippen LogP contribution in [0.4, 0.5) is 10.7 Å². The molecule has 26 heavy (non-hydrogen) atoms. The van der Waals surface area contributed by atoms with E-state index in [0.717, 1.165) is 35.4 Å². The van der Waals surface area contributed by atoms with Crippen LogP contribution < -0.4 is 10.6 Å². The van der Waals surface area contributed by atoms with Crippen molar-refractivity contribution >= 4 is 34.0 Å². The molecular formula is C19H19N3O3S. The molecule has 1 aromatic carbocycles. The maximum Gasteiger partial charge on any atom is 0.270 e. The van der Waals surface area contributed by atoms with Crippen LogP contribution in [0.15, 0.2) is 30.3 Å². The van der Waals surface area contributed by atoms with E-state index in [4.69, 9.17) is 0 Å². The molecule has 2 aromatic rings. The fraction of sp³-hybridized carbons (Fsp3) is 0.316. The lowest BCUT2D eigenvalue weighted by Crippen LogP contribution is -2.43. The Hall–Kier alpha value is -2.67. The topological polar surface area (TPSA) is 84.3 Å². The van der Waals surface area contributed by atoms with Crippen LogP contribution in [0.1, 0.15) is 39.7 Å². The van der Waals surface area contributed by atoms with Crippen LogP contribution in [-0.2, 0) is 12.8 Å². The largest absolute Gasteiger partial charge is 0.353 e. The Morgan fingerprint density at radius 2 is 2.19 bits per heavy atom. The molecule has 1 aliphatic heterocycles. The first kappa shape index (κ1) is 16.8. The second kappa shape index (κ2) is 6.57. The molecule has 7 heteroatoms. The molecule has 2 N–H and O–H groups in total. The molecule has 6 nitrogen and oxygen atoms in total. The lowest BCUT2D eigenvalue weighted by Gasteiger charge is -2.24. The number of rotatable bonds is 3. The van der Waals surface area contributed by atoms with Crippen LogP contribution in [0, 0.1) is 16.0 Å². The number of carbonyl (C=O) groups excluding carboxylic acids is 1. The first-order valence-electron chi connectivity index (χ1n) is 8.66. The first-order valence-corrected chi connectivity index (χ1v) is 9.47. The number of thiophene rings is 1. The third-order valence-corrected chi connectivity index (χ3v) is 6.06. The van der Waals surface area contributed by atoms with Gasteiger partial charge in [0, 0.05) is 17.0 Å². The van der Waals surface area contributed by atoms with Gasteiger partial charge in [-0.3, -0.25) is 14.9 Å². The highest BCUT2D eigenvalue weighted by atomic mass is 32.1. The van der Waals surface area contributed by atoms with Gasteiger partial charge in [-0.1, -0.05) is 25.1 Å². The molecule has 1 amide bonds. The SMILES string of the molecule is CC1CCc2c(sc3c2C(=O)NC(/C=C/c2cccc([N+](=O)[O-])c2)N3)C1. The van der Waals surface area contributed by atoms with Crippen molar-refractivity contribution in [1.82, 2.24) is 5.32 Å². The van der Waals surface area contributed by atoms with Gasteiger partial charge in [-0.2, -0.15) is 0 Å². The Morgan fingerprint density at radius 1 is 1.35 bits per heavy atom. The molecule has 2 aliphatic rings. The van der Waals surface area contributed by atoms with Gasteiger partial charge in [-0.05, 0) is 42.4 Å². The molecule has 2 unspecified atom stereocenters. The number of nitrogens with zero attached hydrogens (tertiary/aromatic N) is 1. The van der Waals surface area contributed by atoms with E-state index in [1.54, 1.807) is 29.5 Å². The highest BCUT2D eigenvalue weighted by Crippen LogP contribution is 2.41. The minimum atomic E-state index is -0.415. The number of fused-ring (bicyclic) bond motifs is 3. The van der Waals surface area contributed by atoms with Gasteiger partial charge in [-0.15, -0.1) is 11.3 Å². The number of hydrogen-bond acceptors (Lipinski definition) is 5. The van der Waals surface area contributed by atoms with Gasteiger partial charge in [0.1, 0.15) is 11.2 Å². The van der Waals surface area contributed by atoms with Crippen molar-refractivity contribution in [3.05, 3.63) is 62.0 Å². The van der Waals surface area contributed by atoms with Crippen LogP contribution in [0.5, 0.6) is 0 Å². The Bertz CT molecular complexity index is 919. The number of non-ortho nitro benzene ring substituents is 1. The minimum Gasteiger partial charge on any atom is -0.353 e. The summed E-state index contributed by atoms with van der Waals surface area (Å²) >= 11 is 1.68. The highest BCUT2D eigenvalue weighted by Gasteiger charge is 2.31. The number of nitro benzene ring substituents is 1. The number of nitro groups is 1. The Labute approximate surface area is 155 Å². The summed E-state index contributed by atoms with van der Waals surface area (Å²) in [6.07, 6.45) is 6.40. The third-order valence-electron chi connectivity index (χ3n) is 4.87. The second-order valence-corrected chi connectivity index (χ2v) is 7.97. The molecule has 4 rings (SSSR count). The van der Waals surface area contributed by atoms with Crippen molar-refractivity contribution < 1.29 is 9.72 Å². The lowest BCUT2D eigenvalue weighted by atomic mass is 9.88. The number of nitrogens with one attached hydrogen (secondary N) is 2. The zero-order valence-corrected chi connectivity index (χ0v) is 15.1. The van der Waals surface area contributed by atoms with Crippen molar-refractivity contribution in [2.45, 2.75) is 32.4 Å². The zero-order valence-electron chi connectivity index (χ0n) is 14.3. The smallest absolute Gasteiger partial charge is 0.270 e. The lowest BCUT2D eigenvalue weighted by molar-refractivity contribution is -0.384. The van der Waals surface area contributed by atoms with Gasteiger partial charge in [0.25, 0.3) is 11.6 Å². The van der Waals surface area contributed by atoms with Crippen molar-refractivity contribution in [3.63, 3.8) is 0 Å². The van der Waals surface area contributed by atoms with Crippen LogP contribution in [-0.4, -0.2) is 17.0 Å². The third kappa shape index (κ3) is 3.10. The molecule has 2 atom stereocenters. The number of benzene rings is 1. The summed E-state index contributed by atoms with van der Waals surface area (Å²) in [4.78, 5) is 24.4. The van der Waals surface area contributed by atoms with Crippen LogP contribution >= 0.6 is 11.3 Å². The number of amides is 1.